The van der Waals surface area contributed by atoms with E-state index in [-0.39, 0.29) is 42.4 Å². The fourth-order valence-electron chi connectivity index (χ4n) is 4.02. The van der Waals surface area contributed by atoms with E-state index in [4.69, 9.17) is 0 Å². The van der Waals surface area contributed by atoms with Gasteiger partial charge in [0.15, 0.2) is 5.78 Å². The van der Waals surface area contributed by atoms with Gasteiger partial charge in [-0.3, -0.25) is 9.79 Å². The molecule has 0 saturated heterocycles. The van der Waals surface area contributed by atoms with E-state index in [0.717, 1.165) is 6.42 Å². The van der Waals surface area contributed by atoms with Gasteiger partial charge >= 0.3 is 0 Å². The second-order valence-electron chi connectivity index (χ2n) is 7.68. The third-order valence-corrected chi connectivity index (χ3v) is 4.71. The molecule has 0 radical (unpaired) electrons. The molecule has 1 fully saturated rings. The van der Waals surface area contributed by atoms with Crippen LogP contribution in [0.2, 0.25) is 0 Å². The van der Waals surface area contributed by atoms with Crippen LogP contribution in [-0.4, -0.2) is 35.1 Å². The molecule has 0 aromatic rings. The van der Waals surface area contributed by atoms with Crippen LogP contribution in [0.4, 0.5) is 0 Å². The lowest BCUT2D eigenvalue weighted by molar-refractivity contribution is -0.148. The van der Waals surface area contributed by atoms with Crippen molar-refractivity contribution < 1.29 is 9.90 Å². The Morgan fingerprint density at radius 1 is 1.43 bits per heavy atom. The van der Waals surface area contributed by atoms with E-state index >= 15 is 0 Å². The van der Waals surface area contributed by atoms with Gasteiger partial charge in [0.05, 0.1) is 6.04 Å². The molecule has 0 aromatic heterocycles. The lowest BCUT2D eigenvalue weighted by Gasteiger charge is -2.45. The normalized spacial score (nSPS) is 37.4. The summed E-state index contributed by atoms with van der Waals surface area (Å²) in [5.41, 5.74) is -1.15. The Kier molecular flexibility index (Phi) is 5.14. The summed E-state index contributed by atoms with van der Waals surface area (Å²) in [6.45, 7) is 10.2. The standard InChI is InChI=1S/C16H26N2O2.CH4/c1-10-6-11(7-16(5,20)14(10)19)13(15(2,3)4)12-8-17-9-18-12;/h8-13,20H,6-7H2,1-5H3;1H4/t10-,11?,12?,13?,16+;/m1./s1. The molecule has 4 heteroatoms. The summed E-state index contributed by atoms with van der Waals surface area (Å²) in [5.74, 6) is 0.456. The molecule has 120 valence electrons. The third-order valence-electron chi connectivity index (χ3n) is 4.71. The number of Topliss-reactive ketones (excluding diaryl/α,β-unsaturated/α-hetero) is 1. The largest absolute Gasteiger partial charge is 0.382 e. The summed E-state index contributed by atoms with van der Waals surface area (Å²) in [6, 6.07) is 0.0659. The monoisotopic (exact) mass is 294 g/mol. The van der Waals surface area contributed by atoms with E-state index in [9.17, 15) is 9.90 Å². The van der Waals surface area contributed by atoms with Crippen LogP contribution in [-0.2, 0) is 4.79 Å². The highest BCUT2D eigenvalue weighted by Gasteiger charge is 2.48. The van der Waals surface area contributed by atoms with Crippen molar-refractivity contribution in [2.24, 2.45) is 33.2 Å². The van der Waals surface area contributed by atoms with Crippen LogP contribution in [0, 0.1) is 23.2 Å². The van der Waals surface area contributed by atoms with Gasteiger partial charge in [-0.05, 0) is 37.0 Å². The highest BCUT2D eigenvalue weighted by Crippen LogP contribution is 2.45. The molecule has 4 nitrogen and oxygen atoms in total. The number of aliphatic imine (C=N–C) groups is 2. The smallest absolute Gasteiger partial charge is 0.166 e. The van der Waals surface area contributed by atoms with Crippen LogP contribution in [0.3, 0.4) is 0 Å². The van der Waals surface area contributed by atoms with Gasteiger partial charge in [0.1, 0.15) is 11.9 Å². The molecular weight excluding hydrogens is 264 g/mol. The molecular formula is C17H30N2O2. The lowest BCUT2D eigenvalue weighted by atomic mass is 9.61. The molecule has 2 rings (SSSR count). The van der Waals surface area contributed by atoms with E-state index in [1.165, 1.54) is 0 Å². The summed E-state index contributed by atoms with van der Waals surface area (Å²) in [6.07, 6.45) is 4.86. The molecule has 1 heterocycles. The van der Waals surface area contributed by atoms with Gasteiger partial charge in [-0.15, -0.1) is 0 Å². The van der Waals surface area contributed by atoms with Gasteiger partial charge in [-0.25, -0.2) is 4.99 Å². The highest BCUT2D eigenvalue weighted by atomic mass is 16.3. The van der Waals surface area contributed by atoms with Crippen molar-refractivity contribution in [1.29, 1.82) is 0 Å². The minimum atomic E-state index is -1.20. The number of nitrogens with zero attached hydrogens (tertiary/aromatic N) is 2. The van der Waals surface area contributed by atoms with Gasteiger partial charge in [0, 0.05) is 12.1 Å². The molecule has 2 aliphatic rings. The van der Waals surface area contributed by atoms with Crippen LogP contribution in [0.5, 0.6) is 0 Å². The molecule has 3 unspecified atom stereocenters. The Hall–Kier alpha value is -1.03. The van der Waals surface area contributed by atoms with E-state index in [1.807, 2.05) is 13.1 Å². The summed E-state index contributed by atoms with van der Waals surface area (Å²) in [4.78, 5) is 20.7. The van der Waals surface area contributed by atoms with Gasteiger partial charge in [0.25, 0.3) is 0 Å². The number of hydrogen-bond donors (Lipinski definition) is 1. The van der Waals surface area contributed by atoms with Crippen LogP contribution in [0.25, 0.3) is 0 Å². The van der Waals surface area contributed by atoms with Crippen LogP contribution in [0.1, 0.15) is 54.9 Å². The Bertz CT molecular complexity index is 434. The Morgan fingerprint density at radius 3 is 2.48 bits per heavy atom. The van der Waals surface area contributed by atoms with Crippen molar-refractivity contribution in [2.75, 3.05) is 0 Å². The Balaban J connectivity index is 0.00000220. The topological polar surface area (TPSA) is 62.0 Å². The minimum absolute atomic E-state index is 0. The quantitative estimate of drug-likeness (QED) is 0.850. The van der Waals surface area contributed by atoms with Crippen LogP contribution >= 0.6 is 0 Å². The maximum absolute atomic E-state index is 12.1. The average molecular weight is 294 g/mol. The number of carbonyl (C=O) groups excluding carboxylic acids is 1. The van der Waals surface area contributed by atoms with E-state index in [2.05, 4.69) is 30.8 Å². The zero-order valence-electron chi connectivity index (χ0n) is 13.1. The van der Waals surface area contributed by atoms with Crippen molar-refractivity contribution >= 4 is 18.3 Å². The first-order chi connectivity index (χ1) is 9.13. The molecule has 0 aromatic carbocycles. The van der Waals surface area contributed by atoms with E-state index in [0.29, 0.717) is 6.42 Å². The highest BCUT2D eigenvalue weighted by molar-refractivity contribution is 5.89. The van der Waals surface area contributed by atoms with Gasteiger partial charge in [-0.1, -0.05) is 35.1 Å². The molecule has 0 bridgehead atoms. The molecule has 1 N–H and O–H groups in total. The number of rotatable bonds is 2. The fraction of sp³-hybridized carbons (Fsp3) is 0.824. The van der Waals surface area contributed by atoms with Crippen molar-refractivity contribution in [3.63, 3.8) is 0 Å². The van der Waals surface area contributed by atoms with Gasteiger partial charge < -0.3 is 5.11 Å². The van der Waals surface area contributed by atoms with E-state index < -0.39 is 5.60 Å². The Labute approximate surface area is 128 Å². The van der Waals surface area contributed by atoms with Gasteiger partial charge in [0.2, 0.25) is 0 Å². The van der Waals surface area contributed by atoms with E-state index in [1.54, 1.807) is 13.3 Å². The van der Waals surface area contributed by atoms with Crippen LogP contribution in [0.15, 0.2) is 9.98 Å². The van der Waals surface area contributed by atoms with Crippen molar-refractivity contribution in [2.45, 2.75) is 66.5 Å². The summed E-state index contributed by atoms with van der Waals surface area (Å²) < 4.78 is 0. The number of hydrogen-bond acceptors (Lipinski definition) is 4. The molecule has 1 aliphatic carbocycles. The van der Waals surface area contributed by atoms with Gasteiger partial charge in [-0.2, -0.15) is 0 Å². The number of aliphatic hydroxyl groups is 1. The maximum atomic E-state index is 12.1. The lowest BCUT2D eigenvalue weighted by Crippen LogP contribution is -2.50. The zero-order chi connectivity index (χ0) is 15.1. The zero-order valence-corrected chi connectivity index (χ0v) is 13.1. The number of ketones is 1. The summed E-state index contributed by atoms with van der Waals surface area (Å²) >= 11 is 0. The van der Waals surface area contributed by atoms with Crippen LogP contribution < -0.4 is 0 Å². The predicted octanol–water partition coefficient (Wildman–Crippen LogP) is 3.13. The first-order valence-corrected chi connectivity index (χ1v) is 7.44. The fourth-order valence-corrected chi connectivity index (χ4v) is 4.02. The second-order valence-corrected chi connectivity index (χ2v) is 7.68. The Morgan fingerprint density at radius 2 is 2.05 bits per heavy atom. The molecule has 0 amide bonds. The first-order valence-electron chi connectivity index (χ1n) is 7.44. The maximum Gasteiger partial charge on any atom is 0.166 e. The predicted molar refractivity (Wildman–Crippen MR) is 88.0 cm³/mol. The average Bonchev–Trinajstić information content (AvgIpc) is 2.77. The molecule has 0 spiro atoms. The van der Waals surface area contributed by atoms with Crippen molar-refractivity contribution in [1.82, 2.24) is 0 Å². The molecule has 1 aliphatic heterocycles. The first kappa shape index (κ1) is 18.0. The minimum Gasteiger partial charge on any atom is -0.382 e. The second kappa shape index (κ2) is 5.99. The number of carbonyl (C=O) groups is 1. The molecule has 21 heavy (non-hydrogen) atoms. The molecule has 5 atom stereocenters. The third kappa shape index (κ3) is 3.60. The SMILES string of the molecule is C.C[C@@H]1CC(C(C2C=NC=N2)C(C)(C)C)C[C@](C)(O)C1=O. The summed E-state index contributed by atoms with van der Waals surface area (Å²) in [5, 5.41) is 10.4. The van der Waals surface area contributed by atoms with Crippen molar-refractivity contribution in [3.8, 4) is 0 Å². The summed E-state index contributed by atoms with van der Waals surface area (Å²) in [7, 11) is 0. The molecule has 1 saturated carbocycles. The van der Waals surface area contributed by atoms with Crippen molar-refractivity contribution in [3.05, 3.63) is 0 Å².